The SMILES string of the molecule is CN(C(=O)c1ccc[nH]1)c1ccc(C#N)cn1. The van der Waals surface area contributed by atoms with E-state index in [1.54, 1.807) is 37.5 Å². The molecule has 1 N–H and O–H groups in total. The van der Waals surface area contributed by atoms with Gasteiger partial charge in [0, 0.05) is 19.4 Å². The molecule has 5 nitrogen and oxygen atoms in total. The number of anilines is 1. The maximum absolute atomic E-state index is 12.0. The summed E-state index contributed by atoms with van der Waals surface area (Å²) < 4.78 is 0. The maximum atomic E-state index is 12.0. The minimum atomic E-state index is -0.174. The van der Waals surface area contributed by atoms with E-state index >= 15 is 0 Å². The molecule has 0 saturated heterocycles. The van der Waals surface area contributed by atoms with Crippen LogP contribution < -0.4 is 4.90 Å². The van der Waals surface area contributed by atoms with Gasteiger partial charge in [-0.15, -0.1) is 0 Å². The Morgan fingerprint density at radius 3 is 2.82 bits per heavy atom. The van der Waals surface area contributed by atoms with Crippen LogP contribution in [0.3, 0.4) is 0 Å². The van der Waals surface area contributed by atoms with Crippen LogP contribution in [0.2, 0.25) is 0 Å². The molecule has 17 heavy (non-hydrogen) atoms. The predicted octanol–water partition coefficient (Wildman–Crippen LogP) is 1.56. The highest BCUT2D eigenvalue weighted by Crippen LogP contribution is 2.12. The van der Waals surface area contributed by atoms with Gasteiger partial charge in [0.25, 0.3) is 5.91 Å². The van der Waals surface area contributed by atoms with Gasteiger partial charge in [-0.2, -0.15) is 5.26 Å². The molecule has 84 valence electrons. The number of carbonyl (C=O) groups is 1. The number of pyridine rings is 1. The molecular weight excluding hydrogens is 216 g/mol. The van der Waals surface area contributed by atoms with Crippen LogP contribution in [0, 0.1) is 11.3 Å². The maximum Gasteiger partial charge on any atom is 0.275 e. The molecule has 0 aliphatic heterocycles. The van der Waals surface area contributed by atoms with E-state index in [0.717, 1.165) is 0 Å². The summed E-state index contributed by atoms with van der Waals surface area (Å²) in [5, 5.41) is 8.65. The molecule has 0 unspecified atom stereocenters. The first-order valence-electron chi connectivity index (χ1n) is 5.00. The summed E-state index contributed by atoms with van der Waals surface area (Å²) in [5.74, 6) is 0.329. The minimum absolute atomic E-state index is 0.174. The standard InChI is InChI=1S/C12H10N4O/c1-16(12(17)10-3-2-6-14-10)11-5-4-9(7-13)8-15-11/h2-6,8,14H,1H3. The molecule has 0 atom stereocenters. The van der Waals surface area contributed by atoms with Gasteiger partial charge in [0.15, 0.2) is 0 Å². The summed E-state index contributed by atoms with van der Waals surface area (Å²) in [5.41, 5.74) is 0.966. The van der Waals surface area contributed by atoms with Crippen LogP contribution in [0.15, 0.2) is 36.7 Å². The van der Waals surface area contributed by atoms with Gasteiger partial charge in [-0.3, -0.25) is 9.69 Å². The van der Waals surface area contributed by atoms with E-state index in [-0.39, 0.29) is 5.91 Å². The molecule has 0 aliphatic carbocycles. The Balaban J connectivity index is 2.22. The van der Waals surface area contributed by atoms with Crippen LogP contribution in [0.25, 0.3) is 0 Å². The quantitative estimate of drug-likeness (QED) is 0.844. The third-order valence-corrected chi connectivity index (χ3v) is 2.35. The van der Waals surface area contributed by atoms with Gasteiger partial charge >= 0.3 is 0 Å². The third-order valence-electron chi connectivity index (χ3n) is 2.35. The van der Waals surface area contributed by atoms with Crippen LogP contribution in [-0.4, -0.2) is 22.9 Å². The highest BCUT2D eigenvalue weighted by molar-refractivity contribution is 6.03. The normalized spacial score (nSPS) is 9.65. The average Bonchev–Trinajstić information content (AvgIpc) is 2.91. The largest absolute Gasteiger partial charge is 0.357 e. The molecule has 0 aliphatic rings. The fraction of sp³-hybridized carbons (Fsp3) is 0.0833. The van der Waals surface area contributed by atoms with Crippen LogP contribution >= 0.6 is 0 Å². The number of hydrogen-bond acceptors (Lipinski definition) is 3. The summed E-state index contributed by atoms with van der Waals surface area (Å²) in [7, 11) is 1.64. The fourth-order valence-electron chi connectivity index (χ4n) is 1.40. The lowest BCUT2D eigenvalue weighted by Gasteiger charge is -2.14. The number of aromatic nitrogens is 2. The molecular formula is C12H10N4O. The molecule has 2 heterocycles. The van der Waals surface area contributed by atoms with Crippen molar-refractivity contribution >= 4 is 11.7 Å². The Hall–Kier alpha value is -2.61. The van der Waals surface area contributed by atoms with Gasteiger partial charge < -0.3 is 4.98 Å². The number of nitriles is 1. The summed E-state index contributed by atoms with van der Waals surface area (Å²) in [6.07, 6.45) is 3.13. The molecule has 0 bridgehead atoms. The van der Waals surface area contributed by atoms with Gasteiger partial charge in [0.05, 0.1) is 5.56 Å². The van der Waals surface area contributed by atoms with Crippen molar-refractivity contribution in [3.8, 4) is 6.07 Å². The van der Waals surface area contributed by atoms with Gasteiger partial charge in [-0.05, 0) is 24.3 Å². The van der Waals surface area contributed by atoms with E-state index < -0.39 is 0 Å². The summed E-state index contributed by atoms with van der Waals surface area (Å²) in [6, 6.07) is 8.70. The molecule has 2 aromatic heterocycles. The van der Waals surface area contributed by atoms with Gasteiger partial charge in [0.2, 0.25) is 0 Å². The molecule has 1 amide bonds. The Labute approximate surface area is 98.3 Å². The first-order valence-corrected chi connectivity index (χ1v) is 5.00. The van der Waals surface area contributed by atoms with E-state index in [1.807, 2.05) is 6.07 Å². The second-order valence-corrected chi connectivity index (χ2v) is 3.46. The molecule has 0 aromatic carbocycles. The number of nitrogens with one attached hydrogen (secondary N) is 1. The number of amides is 1. The highest BCUT2D eigenvalue weighted by atomic mass is 16.2. The summed E-state index contributed by atoms with van der Waals surface area (Å²) in [6.45, 7) is 0. The molecule has 0 fully saturated rings. The lowest BCUT2D eigenvalue weighted by Crippen LogP contribution is -2.27. The molecule has 0 saturated carbocycles. The Morgan fingerprint density at radius 2 is 2.29 bits per heavy atom. The van der Waals surface area contributed by atoms with Gasteiger partial charge in [0.1, 0.15) is 17.6 Å². The monoisotopic (exact) mass is 226 g/mol. The first kappa shape index (κ1) is 10.9. The van der Waals surface area contributed by atoms with Crippen molar-refractivity contribution in [2.24, 2.45) is 0 Å². The summed E-state index contributed by atoms with van der Waals surface area (Å²) in [4.78, 5) is 20.3. The predicted molar refractivity (Wildman–Crippen MR) is 62.5 cm³/mol. The van der Waals surface area contributed by atoms with Crippen LogP contribution in [0.4, 0.5) is 5.82 Å². The van der Waals surface area contributed by atoms with Gasteiger partial charge in [-0.1, -0.05) is 0 Å². The van der Waals surface area contributed by atoms with Crippen LogP contribution in [0.1, 0.15) is 16.1 Å². The van der Waals surface area contributed by atoms with E-state index in [2.05, 4.69) is 9.97 Å². The number of rotatable bonds is 2. The molecule has 2 rings (SSSR count). The number of carbonyl (C=O) groups excluding carboxylic acids is 1. The van der Waals surface area contributed by atoms with Crippen molar-refractivity contribution in [2.45, 2.75) is 0 Å². The third kappa shape index (κ3) is 2.16. The summed E-state index contributed by atoms with van der Waals surface area (Å²) >= 11 is 0. The number of nitrogens with zero attached hydrogens (tertiary/aromatic N) is 3. The van der Waals surface area contributed by atoms with Crippen molar-refractivity contribution in [1.29, 1.82) is 5.26 Å². The number of aromatic amines is 1. The second kappa shape index (κ2) is 4.49. The average molecular weight is 226 g/mol. The smallest absolute Gasteiger partial charge is 0.275 e. The van der Waals surface area contributed by atoms with Gasteiger partial charge in [-0.25, -0.2) is 4.98 Å². The Bertz CT molecular complexity index is 551. The van der Waals surface area contributed by atoms with Crippen molar-refractivity contribution in [2.75, 3.05) is 11.9 Å². The molecule has 5 heteroatoms. The van der Waals surface area contributed by atoms with Crippen LogP contribution in [-0.2, 0) is 0 Å². The Morgan fingerprint density at radius 1 is 1.47 bits per heavy atom. The fourth-order valence-corrected chi connectivity index (χ4v) is 1.40. The lowest BCUT2D eigenvalue weighted by atomic mass is 10.3. The molecule has 0 radical (unpaired) electrons. The van der Waals surface area contributed by atoms with E-state index in [9.17, 15) is 4.79 Å². The molecule has 0 spiro atoms. The van der Waals surface area contributed by atoms with Crippen molar-refractivity contribution < 1.29 is 4.79 Å². The van der Waals surface area contributed by atoms with E-state index in [0.29, 0.717) is 17.1 Å². The zero-order valence-electron chi connectivity index (χ0n) is 9.21. The molecule has 2 aromatic rings. The highest BCUT2D eigenvalue weighted by Gasteiger charge is 2.14. The lowest BCUT2D eigenvalue weighted by molar-refractivity contribution is 0.0988. The number of H-pyrrole nitrogens is 1. The van der Waals surface area contributed by atoms with E-state index in [4.69, 9.17) is 5.26 Å². The topological polar surface area (TPSA) is 72.8 Å². The number of hydrogen-bond donors (Lipinski definition) is 1. The first-order chi connectivity index (χ1) is 8.22. The van der Waals surface area contributed by atoms with Crippen molar-refractivity contribution in [3.05, 3.63) is 47.9 Å². The zero-order chi connectivity index (χ0) is 12.3. The second-order valence-electron chi connectivity index (χ2n) is 3.46. The zero-order valence-corrected chi connectivity index (χ0v) is 9.21. The van der Waals surface area contributed by atoms with E-state index in [1.165, 1.54) is 11.1 Å². The Kier molecular flexibility index (Phi) is 2.88. The van der Waals surface area contributed by atoms with Crippen LogP contribution in [0.5, 0.6) is 0 Å². The van der Waals surface area contributed by atoms with Crippen molar-refractivity contribution in [1.82, 2.24) is 9.97 Å². The van der Waals surface area contributed by atoms with Crippen molar-refractivity contribution in [3.63, 3.8) is 0 Å². The minimum Gasteiger partial charge on any atom is -0.357 e.